The molecule has 6 atom stereocenters. The van der Waals surface area contributed by atoms with Crippen LogP contribution in [-0.2, 0) is 9.53 Å². The van der Waals surface area contributed by atoms with Gasteiger partial charge in [0.15, 0.2) is 0 Å². The van der Waals surface area contributed by atoms with Crippen molar-refractivity contribution in [2.45, 2.75) is 51.2 Å². The van der Waals surface area contributed by atoms with Crippen molar-refractivity contribution in [1.82, 2.24) is 4.90 Å². The van der Waals surface area contributed by atoms with Crippen molar-refractivity contribution in [1.29, 1.82) is 0 Å². The Kier molecular flexibility index (Phi) is 5.47. The molecule has 1 aliphatic heterocycles. The maximum Gasteiger partial charge on any atom is 0.310 e. The molecule has 0 amide bonds. The molecule has 2 aliphatic carbocycles. The van der Waals surface area contributed by atoms with Crippen molar-refractivity contribution in [3.8, 4) is 5.75 Å². The van der Waals surface area contributed by atoms with Crippen LogP contribution < -0.4 is 0 Å². The molecule has 1 heterocycles. The largest absolute Gasteiger partial charge is 0.508 e. The maximum absolute atomic E-state index is 12.7. The summed E-state index contributed by atoms with van der Waals surface area (Å²) in [4.78, 5) is 14.7. The normalized spacial score (nSPS) is 35.2. The summed E-state index contributed by atoms with van der Waals surface area (Å²) in [6.07, 6.45) is 4.79. The van der Waals surface area contributed by atoms with E-state index in [4.69, 9.17) is 4.74 Å². The summed E-state index contributed by atoms with van der Waals surface area (Å²) in [6, 6.07) is 6.61. The van der Waals surface area contributed by atoms with Crippen molar-refractivity contribution in [3.05, 3.63) is 42.0 Å². The van der Waals surface area contributed by atoms with Gasteiger partial charge in [0.25, 0.3) is 0 Å². The molecule has 3 fully saturated rings. The van der Waals surface area contributed by atoms with Crippen molar-refractivity contribution < 1.29 is 19.7 Å². The predicted octanol–water partition coefficient (Wildman–Crippen LogP) is 3.67. The molecule has 3 aliphatic rings. The van der Waals surface area contributed by atoms with Gasteiger partial charge in [-0.15, -0.1) is 0 Å². The number of hydrogen-bond donors (Lipinski definition) is 2. The number of fused-ring (bicyclic) bond motifs is 2. The smallest absolute Gasteiger partial charge is 0.310 e. The Hall–Kier alpha value is -1.85. The second-order valence-corrected chi connectivity index (χ2v) is 9.73. The molecule has 5 heteroatoms. The number of aliphatic hydroxyl groups is 1. The number of aliphatic hydroxyl groups excluding tert-OH is 1. The monoisotopic (exact) mass is 399 g/mol. The molecular formula is C24H33NO4. The van der Waals surface area contributed by atoms with Gasteiger partial charge >= 0.3 is 5.97 Å². The van der Waals surface area contributed by atoms with Gasteiger partial charge in [0.1, 0.15) is 11.9 Å². The minimum absolute atomic E-state index is 0.0232. The number of aromatic hydroxyl groups is 1. The number of allylic oxidation sites excluding steroid dienone is 1. The number of likely N-dealkylation sites (N-methyl/N-ethyl adjacent to an activating group) is 1. The van der Waals surface area contributed by atoms with Crippen LogP contribution in [0.2, 0.25) is 0 Å². The van der Waals surface area contributed by atoms with Crippen LogP contribution in [0.25, 0.3) is 0 Å². The number of carbonyl (C=O) groups is 1. The first-order valence-electron chi connectivity index (χ1n) is 10.8. The van der Waals surface area contributed by atoms with Gasteiger partial charge in [0.2, 0.25) is 0 Å². The van der Waals surface area contributed by atoms with Gasteiger partial charge in [-0.05, 0) is 68.2 Å². The molecule has 3 unspecified atom stereocenters. The van der Waals surface area contributed by atoms with Gasteiger partial charge in [-0.2, -0.15) is 0 Å². The van der Waals surface area contributed by atoms with Crippen molar-refractivity contribution in [2.75, 3.05) is 20.1 Å². The van der Waals surface area contributed by atoms with Gasteiger partial charge in [0, 0.05) is 19.0 Å². The molecular weight excluding hydrogens is 366 g/mol. The Balaban J connectivity index is 1.41. The average molecular weight is 400 g/mol. The van der Waals surface area contributed by atoms with Crippen molar-refractivity contribution in [3.63, 3.8) is 0 Å². The van der Waals surface area contributed by atoms with Crippen LogP contribution in [0, 0.1) is 23.2 Å². The van der Waals surface area contributed by atoms with E-state index < -0.39 is 6.10 Å². The van der Waals surface area contributed by atoms with Gasteiger partial charge in [-0.1, -0.05) is 31.2 Å². The number of carbonyl (C=O) groups excluding carboxylic acids is 1. The Bertz CT molecular complexity index is 776. The lowest BCUT2D eigenvalue weighted by molar-refractivity contribution is -0.146. The lowest BCUT2D eigenvalue weighted by Crippen LogP contribution is -2.45. The molecule has 4 rings (SSSR count). The first kappa shape index (κ1) is 20.4. The maximum atomic E-state index is 12.7. The number of hydrogen-bond acceptors (Lipinski definition) is 5. The molecule has 0 aromatic heterocycles. The first-order valence-corrected chi connectivity index (χ1v) is 10.8. The summed E-state index contributed by atoms with van der Waals surface area (Å²) in [5, 5.41) is 19.9. The highest BCUT2D eigenvalue weighted by atomic mass is 16.6. The van der Waals surface area contributed by atoms with Crippen LogP contribution in [0.1, 0.15) is 50.7 Å². The third-order valence-corrected chi connectivity index (χ3v) is 7.59. The second-order valence-electron chi connectivity index (χ2n) is 9.73. The van der Waals surface area contributed by atoms with Gasteiger partial charge in [-0.25, -0.2) is 0 Å². The summed E-state index contributed by atoms with van der Waals surface area (Å²) in [5.41, 5.74) is 2.33. The third kappa shape index (κ3) is 3.95. The zero-order valence-corrected chi connectivity index (χ0v) is 17.5. The van der Waals surface area contributed by atoms with Crippen LogP contribution >= 0.6 is 0 Å². The minimum atomic E-state index is -0.665. The highest BCUT2D eigenvalue weighted by molar-refractivity contribution is 5.75. The number of benzene rings is 1. The van der Waals surface area contributed by atoms with E-state index in [1.165, 1.54) is 18.4 Å². The quantitative estimate of drug-likeness (QED) is 0.584. The van der Waals surface area contributed by atoms with Crippen molar-refractivity contribution >= 4 is 5.97 Å². The van der Waals surface area contributed by atoms with E-state index in [1.54, 1.807) is 24.3 Å². The zero-order chi connectivity index (χ0) is 20.8. The Labute approximate surface area is 173 Å². The van der Waals surface area contributed by atoms with E-state index >= 15 is 0 Å². The fourth-order valence-corrected chi connectivity index (χ4v) is 5.97. The number of esters is 1. The predicted molar refractivity (Wildman–Crippen MR) is 111 cm³/mol. The number of nitrogens with zero attached hydrogens (tertiary/aromatic N) is 1. The Morgan fingerprint density at radius 2 is 2.07 bits per heavy atom. The van der Waals surface area contributed by atoms with E-state index in [0.717, 1.165) is 24.8 Å². The lowest BCUT2D eigenvalue weighted by Gasteiger charge is -2.50. The molecule has 1 aromatic rings. The minimum Gasteiger partial charge on any atom is -0.508 e. The van der Waals surface area contributed by atoms with Gasteiger partial charge < -0.3 is 19.8 Å². The topological polar surface area (TPSA) is 70.0 Å². The standard InChI is InChI=1S/C24H33NO4/c1-15-5-4-10-24(2)12-22-18(11-20(15)24)19(23(28)29-22)13-25(3)14-21(27)16-6-8-17(26)9-7-16/h6-9,18-22,26-27H,1,4-5,10-14H2,2-3H3/t18-,19?,20?,21?,22-,24-/m1/s1. The van der Waals surface area contributed by atoms with E-state index in [9.17, 15) is 15.0 Å². The highest BCUT2D eigenvalue weighted by Crippen LogP contribution is 2.56. The van der Waals surface area contributed by atoms with Crippen LogP contribution in [0.4, 0.5) is 0 Å². The summed E-state index contributed by atoms with van der Waals surface area (Å²) in [7, 11) is 1.94. The summed E-state index contributed by atoms with van der Waals surface area (Å²) < 4.78 is 5.85. The Morgan fingerprint density at radius 3 is 2.79 bits per heavy atom. The van der Waals surface area contributed by atoms with Crippen LogP contribution in [0.5, 0.6) is 5.75 Å². The SMILES string of the molecule is C=C1CCC[C@]2(C)C[C@H]3OC(=O)C(CN(C)CC(O)c4ccc(O)cc4)[C@H]3CC12. The van der Waals surface area contributed by atoms with Crippen LogP contribution in [-0.4, -0.2) is 47.3 Å². The second kappa shape index (κ2) is 7.77. The summed E-state index contributed by atoms with van der Waals surface area (Å²) >= 11 is 0. The van der Waals surface area contributed by atoms with Gasteiger partial charge in [0.05, 0.1) is 12.0 Å². The molecule has 2 saturated carbocycles. The molecule has 2 N–H and O–H groups in total. The van der Waals surface area contributed by atoms with E-state index in [1.807, 2.05) is 11.9 Å². The molecule has 158 valence electrons. The molecule has 29 heavy (non-hydrogen) atoms. The number of phenols is 1. The fraction of sp³-hybridized carbons (Fsp3) is 0.625. The summed E-state index contributed by atoms with van der Waals surface area (Å²) in [6.45, 7) is 7.72. The molecule has 5 nitrogen and oxygen atoms in total. The average Bonchev–Trinajstić information content (AvgIpc) is 2.94. The number of rotatable bonds is 5. The molecule has 1 aromatic carbocycles. The van der Waals surface area contributed by atoms with Crippen molar-refractivity contribution in [2.24, 2.45) is 23.2 Å². The third-order valence-electron chi connectivity index (χ3n) is 7.59. The molecule has 1 saturated heterocycles. The Morgan fingerprint density at radius 1 is 1.34 bits per heavy atom. The van der Waals surface area contributed by atoms with Crippen LogP contribution in [0.3, 0.4) is 0 Å². The van der Waals surface area contributed by atoms with Crippen LogP contribution in [0.15, 0.2) is 36.4 Å². The molecule has 0 spiro atoms. The van der Waals surface area contributed by atoms with E-state index in [0.29, 0.717) is 19.0 Å². The van der Waals surface area contributed by atoms with E-state index in [-0.39, 0.29) is 35.1 Å². The van der Waals surface area contributed by atoms with Gasteiger partial charge in [-0.3, -0.25) is 4.79 Å². The first-order chi connectivity index (χ1) is 13.8. The number of phenolic OH excluding ortho intramolecular Hbond substituents is 1. The molecule has 0 bridgehead atoms. The van der Waals surface area contributed by atoms with E-state index in [2.05, 4.69) is 13.5 Å². The molecule has 0 radical (unpaired) electrons. The lowest BCUT2D eigenvalue weighted by atomic mass is 9.55. The fourth-order valence-electron chi connectivity index (χ4n) is 5.97. The highest BCUT2D eigenvalue weighted by Gasteiger charge is 2.55. The summed E-state index contributed by atoms with van der Waals surface area (Å²) in [5.74, 6) is 0.684. The number of ether oxygens (including phenoxy) is 1. The zero-order valence-electron chi connectivity index (χ0n) is 17.5.